The van der Waals surface area contributed by atoms with Gasteiger partial charge in [0.05, 0.1) is 37.6 Å². The highest BCUT2D eigenvalue weighted by Crippen LogP contribution is 2.74. The Hall–Kier alpha value is -1.31. The zero-order valence-electron chi connectivity index (χ0n) is 40.2. The molecule has 0 radical (unpaired) electrons. The molecule has 4 aliphatic carbocycles. The number of ether oxygens (including phenoxy) is 6. The fraction of sp³-hybridized carbons (Fsp3) is 0.938. The number of Topliss-reactive ketones (excluding diaryl/α,β-unsaturated/α-hetero) is 1. The van der Waals surface area contributed by atoms with Crippen molar-refractivity contribution in [3.8, 4) is 0 Å². The summed E-state index contributed by atoms with van der Waals surface area (Å²) in [5.74, 6) is 0.0495. The Kier molecular flexibility index (Phi) is 15.7. The van der Waals surface area contributed by atoms with Crippen LogP contribution in [0.2, 0.25) is 0 Å². The maximum absolute atomic E-state index is 15.0. The van der Waals surface area contributed by atoms with Crippen LogP contribution in [0.5, 0.6) is 0 Å². The van der Waals surface area contributed by atoms with Gasteiger partial charge in [-0.3, -0.25) is 4.79 Å². The molecule has 6 fully saturated rings. The van der Waals surface area contributed by atoms with Gasteiger partial charge in [0.2, 0.25) is 0 Å². The number of fused-ring (bicyclic) bond motifs is 5. The van der Waals surface area contributed by atoms with E-state index in [0.717, 1.165) is 18.4 Å². The Balaban J connectivity index is 0.981. The van der Waals surface area contributed by atoms with Crippen molar-refractivity contribution in [1.29, 1.82) is 0 Å². The number of carbonyl (C=O) groups excluding carboxylic acids is 1. The van der Waals surface area contributed by atoms with Gasteiger partial charge in [0, 0.05) is 17.3 Å². The van der Waals surface area contributed by atoms with E-state index in [1.54, 1.807) is 13.8 Å². The van der Waals surface area contributed by atoms with Crippen LogP contribution >= 0.6 is 0 Å². The molecule has 12 N–H and O–H groups in total. The molecule has 3 saturated carbocycles. The third-order valence-electron chi connectivity index (χ3n) is 18.5. The van der Waals surface area contributed by atoms with Gasteiger partial charge in [0.25, 0.3) is 0 Å². The number of aliphatic hydroxyl groups is 12. The third kappa shape index (κ3) is 9.15. The van der Waals surface area contributed by atoms with E-state index in [-0.39, 0.29) is 34.9 Å². The van der Waals surface area contributed by atoms with E-state index < -0.39 is 146 Å². The largest absolute Gasteiger partial charge is 0.394 e. The predicted octanol–water partition coefficient (Wildman–Crippen LogP) is -0.848. The van der Waals surface area contributed by atoms with Gasteiger partial charge in [-0.1, -0.05) is 53.2 Å². The number of aliphatic hydroxyl groups excluding tert-OH is 12. The van der Waals surface area contributed by atoms with Crippen molar-refractivity contribution in [2.45, 2.75) is 217 Å². The van der Waals surface area contributed by atoms with Crippen molar-refractivity contribution in [2.24, 2.45) is 45.3 Å². The standard InChI is InChI=1S/C48H80O19/c1-21(25(51)14-15-44(2,3)67-43-40(61)37(58)34(55)28(65-43)20-62-41-38(59)35(56)32(53)26(18-49)63-41)22-13-16-46(6)29-11-9-23-24(48(29,8)30(52)17-47(22,46)7)10-12-31(45(23,4)5)66-42-39(60)36(57)33(54)27(19-50)64-42/h9,21-22,24-29,31-43,49-51,53-61H,10-20H2,1-8H3/t21-,22+,24+,25+,26+,27+,28+,29-,31-,32+,33+,34+,35-,36-,37-,38+,39+,40+,41+,42-,43-,46-,47+,48-/m0/s1. The quantitative estimate of drug-likeness (QED) is 0.0944. The zero-order valence-corrected chi connectivity index (χ0v) is 40.2. The molecular weight excluding hydrogens is 881 g/mol. The number of hydrogen-bond acceptors (Lipinski definition) is 19. The first-order valence-corrected chi connectivity index (χ1v) is 24.4. The lowest BCUT2D eigenvalue weighted by atomic mass is 9.38. The first-order chi connectivity index (χ1) is 31.2. The Bertz CT molecular complexity index is 1760. The van der Waals surface area contributed by atoms with E-state index >= 15 is 0 Å². The molecule has 19 nitrogen and oxygen atoms in total. The van der Waals surface area contributed by atoms with Crippen LogP contribution in [0.15, 0.2) is 11.6 Å². The SMILES string of the molecule is C[C@H]([C@H](O)CCC(C)(C)O[C@@H]1O[C@H](CO[C@@H]2O[C@H](CO)[C@@H](O)[C@H](O)[C@H]2O)[C@@H](O)[C@H](O)[C@H]1O)[C@H]1CC[C@@]2(C)[C@@H]3CC=C4[C@@H](CC[C@H](O[C@@H]5O[C@H](CO)[C@@H](O)[C@H](O)[C@H]5O)C4(C)C)[C@]3(C)C(=O)C[C@]12C. The van der Waals surface area contributed by atoms with Gasteiger partial charge in [-0.05, 0) is 93.3 Å². The molecule has 3 aliphatic heterocycles. The number of rotatable bonds is 14. The Morgan fingerprint density at radius 2 is 1.25 bits per heavy atom. The fourth-order valence-corrected chi connectivity index (χ4v) is 13.8. The van der Waals surface area contributed by atoms with Crippen LogP contribution in [0.3, 0.4) is 0 Å². The summed E-state index contributed by atoms with van der Waals surface area (Å²) in [5.41, 5.74) is -1.75. The highest BCUT2D eigenvalue weighted by Gasteiger charge is 2.71. The van der Waals surface area contributed by atoms with Gasteiger partial charge < -0.3 is 89.7 Å². The van der Waals surface area contributed by atoms with Crippen LogP contribution in [-0.2, 0) is 33.2 Å². The molecule has 7 rings (SSSR count). The first kappa shape index (κ1) is 53.5. The van der Waals surface area contributed by atoms with E-state index in [4.69, 9.17) is 28.4 Å². The van der Waals surface area contributed by atoms with Crippen LogP contribution in [0.4, 0.5) is 0 Å². The summed E-state index contributed by atoms with van der Waals surface area (Å²) in [6, 6.07) is 0. The van der Waals surface area contributed by atoms with Crippen LogP contribution in [0.1, 0.15) is 107 Å². The van der Waals surface area contributed by atoms with Crippen molar-refractivity contribution < 1.29 is 94.5 Å². The second-order valence-electron chi connectivity index (χ2n) is 22.9. The van der Waals surface area contributed by atoms with Gasteiger partial charge in [0.15, 0.2) is 18.9 Å². The van der Waals surface area contributed by atoms with E-state index in [0.29, 0.717) is 38.5 Å². The van der Waals surface area contributed by atoms with Gasteiger partial charge in [-0.15, -0.1) is 0 Å². The summed E-state index contributed by atoms with van der Waals surface area (Å²) in [6.07, 6.45) is -16.7. The Morgan fingerprint density at radius 3 is 1.85 bits per heavy atom. The zero-order chi connectivity index (χ0) is 49.5. The van der Waals surface area contributed by atoms with Crippen LogP contribution in [-0.4, -0.2) is 197 Å². The molecule has 3 saturated heterocycles. The average molecular weight is 961 g/mol. The maximum Gasteiger partial charge on any atom is 0.187 e. The molecular formula is C48H80O19. The highest BCUT2D eigenvalue weighted by atomic mass is 16.7. The summed E-state index contributed by atoms with van der Waals surface area (Å²) in [7, 11) is 0. The second kappa shape index (κ2) is 19.6. The molecule has 0 bridgehead atoms. The molecule has 0 aromatic rings. The summed E-state index contributed by atoms with van der Waals surface area (Å²) in [5, 5.41) is 126. The van der Waals surface area contributed by atoms with Crippen molar-refractivity contribution in [1.82, 2.24) is 0 Å². The number of carbonyl (C=O) groups is 1. The molecule has 67 heavy (non-hydrogen) atoms. The molecule has 0 aromatic heterocycles. The lowest BCUT2D eigenvalue weighted by molar-refractivity contribution is -0.342. The summed E-state index contributed by atoms with van der Waals surface area (Å²) in [4.78, 5) is 15.0. The summed E-state index contributed by atoms with van der Waals surface area (Å²) < 4.78 is 35.1. The highest BCUT2D eigenvalue weighted by molar-refractivity contribution is 5.88. The van der Waals surface area contributed by atoms with Crippen molar-refractivity contribution in [3.05, 3.63) is 11.6 Å². The van der Waals surface area contributed by atoms with Crippen LogP contribution in [0, 0.1) is 45.3 Å². The molecule has 3 heterocycles. The minimum atomic E-state index is -1.71. The van der Waals surface area contributed by atoms with Crippen molar-refractivity contribution >= 4 is 5.78 Å². The number of hydrogen-bond donors (Lipinski definition) is 12. The van der Waals surface area contributed by atoms with Crippen LogP contribution < -0.4 is 0 Å². The smallest absolute Gasteiger partial charge is 0.187 e. The molecule has 0 aromatic carbocycles. The normalized spacial score (nSPS) is 49.9. The molecule has 24 atom stereocenters. The van der Waals surface area contributed by atoms with E-state index in [9.17, 15) is 66.1 Å². The molecule has 19 heteroatoms. The second-order valence-corrected chi connectivity index (χ2v) is 22.9. The molecule has 0 amide bonds. The van der Waals surface area contributed by atoms with E-state index in [2.05, 4.69) is 40.7 Å². The van der Waals surface area contributed by atoms with Crippen LogP contribution in [0.25, 0.3) is 0 Å². The summed E-state index contributed by atoms with van der Waals surface area (Å²) in [6.45, 7) is 14.7. The summed E-state index contributed by atoms with van der Waals surface area (Å²) >= 11 is 0. The van der Waals surface area contributed by atoms with Crippen molar-refractivity contribution in [3.63, 3.8) is 0 Å². The Morgan fingerprint density at radius 1 is 0.716 bits per heavy atom. The van der Waals surface area contributed by atoms with Gasteiger partial charge in [0.1, 0.15) is 79.0 Å². The third-order valence-corrected chi connectivity index (χ3v) is 18.5. The van der Waals surface area contributed by atoms with Gasteiger partial charge in [-0.25, -0.2) is 0 Å². The molecule has 0 spiro atoms. The van der Waals surface area contributed by atoms with E-state index in [1.165, 1.54) is 0 Å². The number of allylic oxidation sites excluding steroid dienone is 1. The topological polar surface area (TPSA) is 315 Å². The van der Waals surface area contributed by atoms with Gasteiger partial charge in [-0.2, -0.15) is 0 Å². The molecule has 7 aliphatic rings. The molecule has 0 unspecified atom stereocenters. The minimum Gasteiger partial charge on any atom is -0.394 e. The first-order valence-electron chi connectivity index (χ1n) is 24.4. The maximum atomic E-state index is 15.0. The number of ketones is 1. The average Bonchev–Trinajstić information content (AvgIpc) is 3.55. The monoisotopic (exact) mass is 961 g/mol. The fourth-order valence-electron chi connectivity index (χ4n) is 13.8. The van der Waals surface area contributed by atoms with Gasteiger partial charge >= 0.3 is 0 Å². The minimum absolute atomic E-state index is 0.0270. The van der Waals surface area contributed by atoms with E-state index in [1.807, 2.05) is 6.92 Å². The van der Waals surface area contributed by atoms with Crippen molar-refractivity contribution in [2.75, 3.05) is 19.8 Å². The lowest BCUT2D eigenvalue weighted by Crippen LogP contribution is -2.64. The predicted molar refractivity (Wildman–Crippen MR) is 234 cm³/mol. The lowest BCUT2D eigenvalue weighted by Gasteiger charge is -2.65. The Labute approximate surface area is 393 Å². The molecule has 386 valence electrons.